The van der Waals surface area contributed by atoms with Gasteiger partial charge in [0.1, 0.15) is 12.4 Å². The highest BCUT2D eigenvalue weighted by Crippen LogP contribution is 2.25. The number of guanidine groups is 1. The Kier molecular flexibility index (Phi) is 5.86. The minimum Gasteiger partial charge on any atom is -0.492 e. The van der Waals surface area contributed by atoms with Crippen LogP contribution in [0.1, 0.15) is 40.2 Å². The quantitative estimate of drug-likeness (QED) is 0.494. The van der Waals surface area contributed by atoms with Crippen LogP contribution in [-0.4, -0.2) is 25.2 Å². The third-order valence-electron chi connectivity index (χ3n) is 2.78. The third-order valence-corrected chi connectivity index (χ3v) is 2.78. The Bertz CT molecular complexity index is 447. The van der Waals surface area contributed by atoms with Gasteiger partial charge in [0.05, 0.1) is 6.54 Å². The number of nitrogens with two attached hydrogens (primary N) is 1. The molecule has 0 bridgehead atoms. The van der Waals surface area contributed by atoms with E-state index in [-0.39, 0.29) is 5.41 Å². The van der Waals surface area contributed by atoms with Crippen molar-refractivity contribution in [1.29, 1.82) is 0 Å². The summed E-state index contributed by atoms with van der Waals surface area (Å²) in [7, 11) is 0. The number of benzene rings is 1. The Hall–Kier alpha value is -1.71. The summed E-state index contributed by atoms with van der Waals surface area (Å²) in [6.45, 7) is 11.7. The number of hydrogen-bond acceptors (Lipinski definition) is 2. The van der Waals surface area contributed by atoms with Gasteiger partial charge in [0, 0.05) is 6.04 Å². The number of aliphatic imine (C=N–C) groups is 1. The zero-order chi connectivity index (χ0) is 15.2. The monoisotopic (exact) mass is 277 g/mol. The van der Waals surface area contributed by atoms with Crippen molar-refractivity contribution >= 4 is 5.96 Å². The molecule has 4 nitrogen and oxygen atoms in total. The molecule has 20 heavy (non-hydrogen) atoms. The van der Waals surface area contributed by atoms with E-state index in [1.807, 2.05) is 26.0 Å². The molecule has 1 rings (SSSR count). The average molecular weight is 277 g/mol. The maximum absolute atomic E-state index is 5.72. The van der Waals surface area contributed by atoms with Crippen molar-refractivity contribution in [2.24, 2.45) is 10.7 Å². The molecule has 112 valence electrons. The van der Waals surface area contributed by atoms with E-state index in [4.69, 9.17) is 10.5 Å². The topological polar surface area (TPSA) is 59.6 Å². The fourth-order valence-electron chi connectivity index (χ4n) is 1.72. The van der Waals surface area contributed by atoms with E-state index in [1.165, 1.54) is 5.56 Å². The van der Waals surface area contributed by atoms with Crippen molar-refractivity contribution in [2.75, 3.05) is 13.2 Å². The molecule has 0 aliphatic carbocycles. The van der Waals surface area contributed by atoms with Gasteiger partial charge in [-0.15, -0.1) is 0 Å². The first-order chi connectivity index (χ1) is 9.29. The van der Waals surface area contributed by atoms with Crippen molar-refractivity contribution in [3.8, 4) is 5.75 Å². The molecule has 0 heterocycles. The summed E-state index contributed by atoms with van der Waals surface area (Å²) >= 11 is 0. The lowest BCUT2D eigenvalue weighted by Crippen LogP contribution is -2.37. The van der Waals surface area contributed by atoms with Gasteiger partial charge in [0.2, 0.25) is 0 Å². The lowest BCUT2D eigenvalue weighted by molar-refractivity contribution is 0.327. The molecule has 0 aromatic heterocycles. The Morgan fingerprint density at radius 3 is 2.65 bits per heavy atom. The molecule has 4 heteroatoms. The van der Waals surface area contributed by atoms with Gasteiger partial charge in [-0.1, -0.05) is 32.9 Å². The molecule has 0 aliphatic heterocycles. The van der Waals surface area contributed by atoms with Crippen LogP contribution < -0.4 is 15.8 Å². The molecule has 1 aromatic carbocycles. The summed E-state index contributed by atoms with van der Waals surface area (Å²) in [4.78, 5) is 4.21. The fraction of sp³-hybridized carbons (Fsp3) is 0.562. The van der Waals surface area contributed by atoms with Gasteiger partial charge >= 0.3 is 0 Å². The second kappa shape index (κ2) is 7.17. The van der Waals surface area contributed by atoms with E-state index in [2.05, 4.69) is 43.2 Å². The first-order valence-electron chi connectivity index (χ1n) is 7.09. The van der Waals surface area contributed by atoms with Crippen molar-refractivity contribution in [2.45, 2.75) is 46.1 Å². The molecule has 0 aliphatic rings. The average Bonchev–Trinajstić information content (AvgIpc) is 2.33. The van der Waals surface area contributed by atoms with E-state index < -0.39 is 0 Å². The number of nitrogens with one attached hydrogen (secondary N) is 1. The number of ether oxygens (including phenoxy) is 1. The Labute approximate surface area is 122 Å². The Balaban J connectivity index is 2.47. The first kappa shape index (κ1) is 16.3. The van der Waals surface area contributed by atoms with Crippen LogP contribution >= 0.6 is 0 Å². The second-order valence-electron chi connectivity index (χ2n) is 6.19. The zero-order valence-corrected chi connectivity index (χ0v) is 13.2. The van der Waals surface area contributed by atoms with Gasteiger partial charge in [-0.3, -0.25) is 0 Å². The van der Waals surface area contributed by atoms with Crippen LogP contribution in [0.4, 0.5) is 0 Å². The van der Waals surface area contributed by atoms with Gasteiger partial charge < -0.3 is 15.8 Å². The summed E-state index contributed by atoms with van der Waals surface area (Å²) in [6.07, 6.45) is 0. The van der Waals surface area contributed by atoms with Crippen LogP contribution in [0.25, 0.3) is 0 Å². The highest BCUT2D eigenvalue weighted by molar-refractivity contribution is 5.78. The Morgan fingerprint density at radius 2 is 2.05 bits per heavy atom. The minimum absolute atomic E-state index is 0.128. The van der Waals surface area contributed by atoms with Crippen LogP contribution in [0.3, 0.4) is 0 Å². The predicted octanol–water partition coefficient (Wildman–Crippen LogP) is 2.68. The summed E-state index contributed by atoms with van der Waals surface area (Å²) in [6, 6.07) is 8.49. The van der Waals surface area contributed by atoms with Gasteiger partial charge in [0.15, 0.2) is 5.96 Å². The highest BCUT2D eigenvalue weighted by Gasteiger charge is 2.13. The van der Waals surface area contributed by atoms with Crippen LogP contribution in [0.15, 0.2) is 29.3 Å². The molecule has 0 radical (unpaired) electrons. The van der Waals surface area contributed by atoms with Gasteiger partial charge in [0.25, 0.3) is 0 Å². The first-order valence-corrected chi connectivity index (χ1v) is 7.09. The van der Waals surface area contributed by atoms with E-state index in [0.717, 1.165) is 5.75 Å². The largest absolute Gasteiger partial charge is 0.492 e. The van der Waals surface area contributed by atoms with E-state index in [1.54, 1.807) is 0 Å². The maximum atomic E-state index is 5.72. The second-order valence-corrected chi connectivity index (χ2v) is 6.19. The number of hydrogen-bond donors (Lipinski definition) is 2. The van der Waals surface area contributed by atoms with Crippen LogP contribution in [0, 0.1) is 0 Å². The molecule has 0 fully saturated rings. The van der Waals surface area contributed by atoms with Crippen LogP contribution in [-0.2, 0) is 5.41 Å². The summed E-state index contributed by atoms with van der Waals surface area (Å²) < 4.78 is 5.71. The highest BCUT2D eigenvalue weighted by atomic mass is 16.5. The van der Waals surface area contributed by atoms with Crippen LogP contribution in [0.2, 0.25) is 0 Å². The zero-order valence-electron chi connectivity index (χ0n) is 13.2. The lowest BCUT2D eigenvalue weighted by Gasteiger charge is -2.19. The van der Waals surface area contributed by atoms with E-state index >= 15 is 0 Å². The minimum atomic E-state index is 0.128. The summed E-state index contributed by atoms with van der Waals surface area (Å²) in [5.74, 6) is 1.34. The standard InChI is InChI=1S/C16H27N3O/c1-12(2)19-15(17)18-9-10-20-14-8-6-7-13(11-14)16(3,4)5/h6-8,11-12H,9-10H2,1-5H3,(H3,17,18,19). The molecule has 0 unspecified atom stereocenters. The number of nitrogens with zero attached hydrogens (tertiary/aromatic N) is 1. The van der Waals surface area contributed by atoms with Gasteiger partial charge in [-0.05, 0) is 37.0 Å². The summed E-state index contributed by atoms with van der Waals surface area (Å²) in [5, 5.41) is 3.04. The SMILES string of the molecule is CC(C)NC(N)=NCCOc1cccc(C(C)(C)C)c1. The van der Waals surface area contributed by atoms with Gasteiger partial charge in [-0.2, -0.15) is 0 Å². The van der Waals surface area contributed by atoms with Crippen molar-refractivity contribution in [1.82, 2.24) is 5.32 Å². The van der Waals surface area contributed by atoms with E-state index in [9.17, 15) is 0 Å². The normalized spacial score (nSPS) is 12.6. The smallest absolute Gasteiger partial charge is 0.188 e. The van der Waals surface area contributed by atoms with Crippen molar-refractivity contribution < 1.29 is 4.74 Å². The predicted molar refractivity (Wildman–Crippen MR) is 85.4 cm³/mol. The molecule has 0 amide bonds. The molecule has 1 aromatic rings. The third kappa shape index (κ3) is 5.95. The molecular formula is C16H27N3O. The van der Waals surface area contributed by atoms with Crippen molar-refractivity contribution in [3.05, 3.63) is 29.8 Å². The molecule has 0 spiro atoms. The molecule has 0 saturated heterocycles. The lowest BCUT2D eigenvalue weighted by atomic mass is 9.87. The van der Waals surface area contributed by atoms with Gasteiger partial charge in [-0.25, -0.2) is 4.99 Å². The Morgan fingerprint density at radius 1 is 1.35 bits per heavy atom. The summed E-state index contributed by atoms with van der Waals surface area (Å²) in [5.41, 5.74) is 7.11. The van der Waals surface area contributed by atoms with Crippen LogP contribution in [0.5, 0.6) is 5.75 Å². The molecule has 3 N–H and O–H groups in total. The number of rotatable bonds is 5. The van der Waals surface area contributed by atoms with E-state index in [0.29, 0.717) is 25.2 Å². The molecular weight excluding hydrogens is 250 g/mol. The molecule has 0 saturated carbocycles. The fourth-order valence-corrected chi connectivity index (χ4v) is 1.72. The van der Waals surface area contributed by atoms with Crippen molar-refractivity contribution in [3.63, 3.8) is 0 Å². The maximum Gasteiger partial charge on any atom is 0.188 e. The molecule has 0 atom stereocenters.